The minimum atomic E-state index is 0.169. The van der Waals surface area contributed by atoms with E-state index in [4.69, 9.17) is 0 Å². The summed E-state index contributed by atoms with van der Waals surface area (Å²) in [7, 11) is 6.37. The van der Waals surface area contributed by atoms with E-state index >= 15 is 0 Å². The van der Waals surface area contributed by atoms with Crippen LogP contribution in [-0.4, -0.2) is 31.4 Å². The van der Waals surface area contributed by atoms with Crippen molar-refractivity contribution < 1.29 is 4.58 Å². The SMILES string of the molecule is CN(C)c1ccc(/C=C/C=C/C2=[N+](C)C3=C(CCCC3)C2(C)C)cc1. The summed E-state index contributed by atoms with van der Waals surface area (Å²) in [5, 5.41) is 0. The Kier molecular flexibility index (Phi) is 4.99. The van der Waals surface area contributed by atoms with Gasteiger partial charge in [-0.15, -0.1) is 0 Å². The van der Waals surface area contributed by atoms with Gasteiger partial charge in [-0.3, -0.25) is 0 Å². The lowest BCUT2D eigenvalue weighted by atomic mass is 9.76. The van der Waals surface area contributed by atoms with Crippen LogP contribution in [0.5, 0.6) is 0 Å². The Morgan fingerprint density at radius 2 is 1.60 bits per heavy atom. The third-order valence-electron chi connectivity index (χ3n) is 5.66. The van der Waals surface area contributed by atoms with Gasteiger partial charge in [0, 0.05) is 37.9 Å². The highest BCUT2D eigenvalue weighted by Gasteiger charge is 2.45. The number of allylic oxidation sites excluding steroid dienone is 5. The quantitative estimate of drug-likeness (QED) is 0.536. The zero-order chi connectivity index (χ0) is 18.0. The van der Waals surface area contributed by atoms with Gasteiger partial charge in [0.2, 0.25) is 0 Å². The molecule has 1 aromatic rings. The zero-order valence-electron chi connectivity index (χ0n) is 16.3. The lowest BCUT2D eigenvalue weighted by Crippen LogP contribution is -2.24. The first-order chi connectivity index (χ1) is 11.9. The lowest BCUT2D eigenvalue weighted by molar-refractivity contribution is -0.444. The number of hydrogen-bond donors (Lipinski definition) is 0. The van der Waals surface area contributed by atoms with E-state index in [1.54, 1.807) is 11.3 Å². The van der Waals surface area contributed by atoms with Crippen LogP contribution < -0.4 is 4.90 Å². The molecule has 1 aromatic carbocycles. The van der Waals surface area contributed by atoms with Crippen LogP contribution in [0, 0.1) is 5.41 Å². The Balaban J connectivity index is 1.73. The summed E-state index contributed by atoms with van der Waals surface area (Å²) in [6, 6.07) is 8.64. The number of anilines is 1. The second kappa shape index (κ2) is 7.03. The van der Waals surface area contributed by atoms with Crippen LogP contribution in [-0.2, 0) is 0 Å². The van der Waals surface area contributed by atoms with Crippen molar-refractivity contribution in [1.29, 1.82) is 0 Å². The smallest absolute Gasteiger partial charge is 0.191 e. The van der Waals surface area contributed by atoms with Crippen LogP contribution in [0.3, 0.4) is 0 Å². The summed E-state index contributed by atoms with van der Waals surface area (Å²) in [5.41, 5.74) is 7.28. The summed E-state index contributed by atoms with van der Waals surface area (Å²) in [6.07, 6.45) is 14.0. The molecule has 1 aliphatic heterocycles. The van der Waals surface area contributed by atoms with Gasteiger partial charge in [0.15, 0.2) is 11.4 Å². The first-order valence-electron chi connectivity index (χ1n) is 9.37. The maximum absolute atomic E-state index is 2.44. The van der Waals surface area contributed by atoms with Crippen LogP contribution >= 0.6 is 0 Å². The van der Waals surface area contributed by atoms with Crippen molar-refractivity contribution in [2.45, 2.75) is 39.5 Å². The molecule has 0 aromatic heterocycles. The lowest BCUT2D eigenvalue weighted by Gasteiger charge is -2.21. The van der Waals surface area contributed by atoms with Crippen molar-refractivity contribution in [3.8, 4) is 0 Å². The van der Waals surface area contributed by atoms with Gasteiger partial charge >= 0.3 is 0 Å². The minimum absolute atomic E-state index is 0.169. The van der Waals surface area contributed by atoms with Crippen LogP contribution in [0.15, 0.2) is 53.8 Å². The molecule has 1 heterocycles. The average molecular weight is 336 g/mol. The Morgan fingerprint density at radius 3 is 2.24 bits per heavy atom. The van der Waals surface area contributed by atoms with E-state index in [-0.39, 0.29) is 5.41 Å². The summed E-state index contributed by atoms with van der Waals surface area (Å²) in [6.45, 7) is 4.75. The van der Waals surface area contributed by atoms with Crippen molar-refractivity contribution in [3.63, 3.8) is 0 Å². The van der Waals surface area contributed by atoms with Crippen molar-refractivity contribution in [3.05, 3.63) is 59.3 Å². The summed E-state index contributed by atoms with van der Waals surface area (Å²) >= 11 is 0. The molecule has 0 bridgehead atoms. The maximum atomic E-state index is 2.44. The first kappa shape index (κ1) is 17.7. The molecule has 0 N–H and O–H groups in total. The molecule has 2 nitrogen and oxygen atoms in total. The Bertz CT molecular complexity index is 756. The number of hydrogen-bond acceptors (Lipinski definition) is 1. The average Bonchev–Trinajstić information content (AvgIpc) is 2.79. The van der Waals surface area contributed by atoms with Crippen LogP contribution in [0.2, 0.25) is 0 Å². The predicted molar refractivity (Wildman–Crippen MR) is 109 cm³/mol. The molecular weight excluding hydrogens is 304 g/mol. The topological polar surface area (TPSA) is 6.25 Å². The van der Waals surface area contributed by atoms with Gasteiger partial charge in [-0.2, -0.15) is 0 Å². The van der Waals surface area contributed by atoms with Crippen LogP contribution in [0.1, 0.15) is 45.1 Å². The molecule has 2 aliphatic rings. The third kappa shape index (κ3) is 3.49. The van der Waals surface area contributed by atoms with Gasteiger partial charge in [-0.25, -0.2) is 4.58 Å². The molecule has 1 aliphatic carbocycles. The first-order valence-corrected chi connectivity index (χ1v) is 9.37. The highest BCUT2D eigenvalue weighted by Crippen LogP contribution is 2.43. The molecule has 0 spiro atoms. The fourth-order valence-electron chi connectivity index (χ4n) is 4.17. The molecular formula is C23H31N2+. The molecule has 132 valence electrons. The Labute approximate surface area is 152 Å². The van der Waals surface area contributed by atoms with Gasteiger partial charge in [-0.05, 0) is 50.8 Å². The van der Waals surface area contributed by atoms with E-state index in [1.165, 1.54) is 42.6 Å². The molecule has 0 radical (unpaired) electrons. The minimum Gasteiger partial charge on any atom is -0.378 e. The summed E-state index contributed by atoms with van der Waals surface area (Å²) in [4.78, 5) is 2.12. The van der Waals surface area contributed by atoms with E-state index in [2.05, 4.69) is 93.0 Å². The van der Waals surface area contributed by atoms with Gasteiger partial charge in [0.05, 0.1) is 5.41 Å². The van der Waals surface area contributed by atoms with Crippen molar-refractivity contribution in [1.82, 2.24) is 0 Å². The second-order valence-electron chi connectivity index (χ2n) is 7.91. The maximum Gasteiger partial charge on any atom is 0.191 e. The van der Waals surface area contributed by atoms with E-state index < -0.39 is 0 Å². The Hall–Kier alpha value is -2.09. The highest BCUT2D eigenvalue weighted by atomic mass is 15.1. The molecule has 0 amide bonds. The molecule has 25 heavy (non-hydrogen) atoms. The number of nitrogens with zero attached hydrogens (tertiary/aromatic N) is 2. The van der Waals surface area contributed by atoms with Crippen LogP contribution in [0.4, 0.5) is 5.69 Å². The van der Waals surface area contributed by atoms with Crippen LogP contribution in [0.25, 0.3) is 6.08 Å². The van der Waals surface area contributed by atoms with Crippen molar-refractivity contribution in [2.75, 3.05) is 26.0 Å². The van der Waals surface area contributed by atoms with Gasteiger partial charge in [0.25, 0.3) is 0 Å². The molecule has 0 fully saturated rings. The predicted octanol–water partition coefficient (Wildman–Crippen LogP) is 5.27. The highest BCUT2D eigenvalue weighted by molar-refractivity contribution is 5.99. The fourth-order valence-corrected chi connectivity index (χ4v) is 4.17. The van der Waals surface area contributed by atoms with E-state index in [1.807, 2.05) is 0 Å². The third-order valence-corrected chi connectivity index (χ3v) is 5.66. The summed E-state index contributed by atoms with van der Waals surface area (Å²) in [5.74, 6) is 0. The van der Waals surface area contributed by atoms with E-state index in [9.17, 15) is 0 Å². The zero-order valence-corrected chi connectivity index (χ0v) is 16.3. The van der Waals surface area contributed by atoms with E-state index in [0.717, 1.165) is 0 Å². The fraction of sp³-hybridized carbons (Fsp3) is 0.435. The largest absolute Gasteiger partial charge is 0.378 e. The molecule has 0 saturated heterocycles. The molecule has 0 atom stereocenters. The van der Waals surface area contributed by atoms with Crippen molar-refractivity contribution in [2.24, 2.45) is 5.41 Å². The van der Waals surface area contributed by atoms with Gasteiger partial charge in [0.1, 0.15) is 7.05 Å². The van der Waals surface area contributed by atoms with Crippen molar-refractivity contribution >= 4 is 17.5 Å². The van der Waals surface area contributed by atoms with Gasteiger partial charge in [-0.1, -0.05) is 30.4 Å². The summed E-state index contributed by atoms with van der Waals surface area (Å²) < 4.78 is 2.44. The number of benzene rings is 1. The molecule has 2 heteroatoms. The molecule has 0 saturated carbocycles. The normalized spacial score (nSPS) is 20.0. The monoisotopic (exact) mass is 335 g/mol. The standard InChI is InChI=1S/C23H31N2/c1-23(2)20-11-7-8-12-21(20)25(5)22(23)13-9-6-10-18-14-16-19(17-15-18)24(3)4/h6,9-10,13-17H,7-8,11-12H2,1-5H3/q+1. The second-order valence-corrected chi connectivity index (χ2v) is 7.91. The van der Waals surface area contributed by atoms with E-state index in [0.29, 0.717) is 0 Å². The molecule has 0 unspecified atom stereocenters. The molecule has 3 rings (SSSR count). The van der Waals surface area contributed by atoms with Gasteiger partial charge < -0.3 is 4.90 Å². The Morgan fingerprint density at radius 1 is 0.960 bits per heavy atom. The number of rotatable bonds is 4.